The molecule has 0 aromatic carbocycles. The van der Waals surface area contributed by atoms with Gasteiger partial charge in [0.1, 0.15) is 0 Å². The van der Waals surface area contributed by atoms with E-state index in [0.29, 0.717) is 0 Å². The van der Waals surface area contributed by atoms with Crippen LogP contribution in [0.15, 0.2) is 18.3 Å². The van der Waals surface area contributed by atoms with Crippen LogP contribution in [0.4, 0.5) is 0 Å². The van der Waals surface area contributed by atoms with E-state index in [0.717, 1.165) is 0 Å². The standard InChI is InChI=1S/C6H8.2ClH.2Hg/c1-4-5-6(2)3;;;;/h4-5H,2-3H3;2*1H;;/q;;;2*+1/p-2. The molecule has 0 amide bonds. The molecular formula is C6H8Cl2Hg2. The Morgan fingerprint density at radius 3 is 1.90 bits per heavy atom. The number of hydrogen-bond acceptors (Lipinski definition) is 0. The molecule has 0 rings (SSSR count). The van der Waals surface area contributed by atoms with E-state index in [4.69, 9.17) is 16.5 Å². The molecule has 0 bridgehead atoms. The van der Waals surface area contributed by atoms with Gasteiger partial charge in [-0.15, -0.1) is 0 Å². The Morgan fingerprint density at radius 1 is 1.10 bits per heavy atom. The molecule has 0 aromatic rings. The van der Waals surface area contributed by atoms with Crippen LogP contribution in [0.2, 0.25) is 0 Å². The van der Waals surface area contributed by atoms with Gasteiger partial charge < -0.3 is 0 Å². The number of allylic oxidation sites excluding steroid dienone is 3. The second kappa shape index (κ2) is 7.57. The van der Waals surface area contributed by atoms with Gasteiger partial charge in [-0.2, -0.15) is 0 Å². The van der Waals surface area contributed by atoms with Gasteiger partial charge in [-0.3, -0.25) is 0 Å². The molecule has 0 aliphatic heterocycles. The van der Waals surface area contributed by atoms with Gasteiger partial charge in [0, 0.05) is 0 Å². The summed E-state index contributed by atoms with van der Waals surface area (Å²) in [5.41, 5.74) is 1.33. The van der Waals surface area contributed by atoms with Crippen LogP contribution in [0, 0.1) is 0 Å². The molecule has 0 aliphatic carbocycles. The van der Waals surface area contributed by atoms with E-state index >= 15 is 0 Å². The Labute approximate surface area is 93.8 Å². The first kappa shape index (κ1) is 11.9. The summed E-state index contributed by atoms with van der Waals surface area (Å²) in [5.74, 6) is 0. The summed E-state index contributed by atoms with van der Waals surface area (Å²) in [6.07, 6.45) is 4.29. The van der Waals surface area contributed by atoms with Gasteiger partial charge in [0.25, 0.3) is 0 Å². The Kier molecular flexibility index (Phi) is 9.03. The molecule has 0 fully saturated rings. The number of hydrogen-bond donors (Lipinski definition) is 0. The van der Waals surface area contributed by atoms with Gasteiger partial charge >= 0.3 is 95.3 Å². The van der Waals surface area contributed by atoms with Gasteiger partial charge in [-0.25, -0.2) is 0 Å². The summed E-state index contributed by atoms with van der Waals surface area (Å²) in [6.45, 7) is 4.18. The third kappa shape index (κ3) is 6.63. The maximum absolute atomic E-state index is 5.85. The normalized spacial score (nSPS) is 7.20. The zero-order valence-corrected chi connectivity index (χ0v) is 18.8. The average Bonchev–Trinajstić information content (AvgIpc) is 1.90. The van der Waals surface area contributed by atoms with Crippen LogP contribution in [0.5, 0.6) is 0 Å². The quantitative estimate of drug-likeness (QED) is 0.373. The summed E-state index contributed by atoms with van der Waals surface area (Å²) in [5, 5.41) is 0. The Balaban J connectivity index is 3.99. The molecule has 0 aromatic heterocycles. The molecule has 0 aliphatic rings. The molecule has 10 heavy (non-hydrogen) atoms. The molecule has 0 radical (unpaired) electrons. The van der Waals surface area contributed by atoms with Gasteiger partial charge in [0.2, 0.25) is 0 Å². The first-order valence-electron chi connectivity index (χ1n) is 3.15. The molecule has 0 atom stereocenters. The fraction of sp³-hybridized carbons (Fsp3) is 0.333. The van der Waals surface area contributed by atoms with Crippen LogP contribution in [-0.4, -0.2) is 0 Å². The van der Waals surface area contributed by atoms with Crippen molar-refractivity contribution in [1.29, 1.82) is 0 Å². The van der Waals surface area contributed by atoms with E-state index in [-0.39, 0.29) is 0 Å². The zero-order valence-electron chi connectivity index (χ0n) is 6.32. The monoisotopic (exact) mass is 554 g/mol. The van der Waals surface area contributed by atoms with Crippen molar-refractivity contribution in [3.05, 3.63) is 18.3 Å². The van der Waals surface area contributed by atoms with E-state index in [1.165, 1.54) is 6.16 Å². The van der Waals surface area contributed by atoms with Crippen molar-refractivity contribution >= 4 is 16.5 Å². The van der Waals surface area contributed by atoms with Gasteiger partial charge in [-0.1, -0.05) is 0 Å². The second-order valence-electron chi connectivity index (χ2n) is 2.34. The molecule has 0 nitrogen and oxygen atoms in total. The summed E-state index contributed by atoms with van der Waals surface area (Å²) < 4.78 is 1.50. The molecule has 50 valence electrons. The summed E-state index contributed by atoms with van der Waals surface area (Å²) in [7, 11) is 11.7. The minimum absolute atomic E-state index is 1.11. The fourth-order valence-corrected chi connectivity index (χ4v) is 28.3. The van der Waals surface area contributed by atoms with Gasteiger partial charge in [0.05, 0.1) is 0 Å². The second-order valence-corrected chi connectivity index (χ2v) is 31.3. The minimum atomic E-state index is -1.11. The SMILES string of the molecule is CC(C)=CC=[C]([Hg][Cl])[Hg][Cl]. The Morgan fingerprint density at radius 2 is 1.60 bits per heavy atom. The van der Waals surface area contributed by atoms with Crippen molar-refractivity contribution in [2.24, 2.45) is 0 Å². The topological polar surface area (TPSA) is 0 Å². The van der Waals surface area contributed by atoms with E-state index in [9.17, 15) is 0 Å². The summed E-state index contributed by atoms with van der Waals surface area (Å²) in [4.78, 5) is 0. The van der Waals surface area contributed by atoms with E-state index in [1.54, 1.807) is 0 Å². The van der Waals surface area contributed by atoms with Crippen molar-refractivity contribution in [1.82, 2.24) is 0 Å². The fourth-order valence-electron chi connectivity index (χ4n) is 0.409. The van der Waals surface area contributed by atoms with Gasteiger partial charge in [-0.05, 0) is 0 Å². The first-order chi connectivity index (χ1) is 4.70. The predicted octanol–water partition coefficient (Wildman–Crippen LogP) is 3.27. The van der Waals surface area contributed by atoms with E-state index in [2.05, 4.69) is 26.0 Å². The summed E-state index contributed by atoms with van der Waals surface area (Å²) >= 11 is -2.21. The molecular weight excluding hydrogens is 544 g/mol. The van der Waals surface area contributed by atoms with Crippen molar-refractivity contribution < 1.29 is 46.7 Å². The third-order valence-electron chi connectivity index (χ3n) is 0.996. The first-order valence-corrected chi connectivity index (χ1v) is 22.2. The number of halogens is 2. The van der Waals surface area contributed by atoms with E-state index in [1.807, 2.05) is 0 Å². The maximum atomic E-state index is 5.85. The average molecular weight is 552 g/mol. The van der Waals surface area contributed by atoms with Crippen LogP contribution >= 0.6 is 16.5 Å². The van der Waals surface area contributed by atoms with Crippen molar-refractivity contribution in [2.45, 2.75) is 13.8 Å². The number of rotatable bonds is 3. The molecule has 0 saturated heterocycles. The van der Waals surface area contributed by atoms with E-state index < -0.39 is 46.7 Å². The molecule has 0 heterocycles. The molecule has 0 N–H and O–H groups in total. The van der Waals surface area contributed by atoms with Crippen molar-refractivity contribution in [2.75, 3.05) is 0 Å². The Hall–Kier alpha value is 1.93. The molecule has 0 spiro atoms. The van der Waals surface area contributed by atoms with Crippen molar-refractivity contribution in [3.8, 4) is 0 Å². The van der Waals surface area contributed by atoms with Gasteiger partial charge in [0.15, 0.2) is 0 Å². The van der Waals surface area contributed by atoms with Crippen LogP contribution in [0.25, 0.3) is 0 Å². The molecule has 4 heteroatoms. The molecule has 0 unspecified atom stereocenters. The Bertz CT molecular complexity index is 142. The third-order valence-corrected chi connectivity index (χ3v) is 50.2. The van der Waals surface area contributed by atoms with Crippen LogP contribution in [0.1, 0.15) is 13.8 Å². The van der Waals surface area contributed by atoms with Crippen LogP contribution < -0.4 is 0 Å². The van der Waals surface area contributed by atoms with Crippen LogP contribution in [-0.2, 0) is 46.7 Å². The summed E-state index contributed by atoms with van der Waals surface area (Å²) in [6, 6.07) is 0. The van der Waals surface area contributed by atoms with Crippen molar-refractivity contribution in [3.63, 3.8) is 0 Å². The zero-order chi connectivity index (χ0) is 7.98. The molecule has 0 saturated carbocycles. The predicted molar refractivity (Wildman–Crippen MR) is 39.2 cm³/mol. The van der Waals surface area contributed by atoms with Crippen LogP contribution in [0.3, 0.4) is 0 Å².